The van der Waals surface area contributed by atoms with Crippen LogP contribution in [0.4, 0.5) is 0 Å². The maximum atomic E-state index is 10.9. The van der Waals surface area contributed by atoms with E-state index in [0.717, 1.165) is 0 Å². The second-order valence-electron chi connectivity index (χ2n) is 8.68. The van der Waals surface area contributed by atoms with Gasteiger partial charge in [0.05, 0.1) is 12.7 Å². The van der Waals surface area contributed by atoms with Gasteiger partial charge in [0.1, 0.15) is 48.8 Å². The molecule has 14 atom stereocenters. The Morgan fingerprint density at radius 3 is 1.91 bits per heavy atom. The van der Waals surface area contributed by atoms with Crippen LogP contribution in [0.15, 0.2) is 0 Å². The molecule has 0 amide bonds. The van der Waals surface area contributed by atoms with Gasteiger partial charge in [-0.3, -0.25) is 0 Å². The van der Waals surface area contributed by atoms with Crippen LogP contribution in [0, 0.1) is 0 Å². The molecule has 1 saturated carbocycles. The van der Waals surface area contributed by atoms with E-state index in [1.54, 1.807) is 0 Å². The average molecular weight is 469 g/mol. The van der Waals surface area contributed by atoms with Crippen molar-refractivity contribution in [3.8, 4) is 0 Å². The average Bonchev–Trinajstić information content (AvgIpc) is 2.76. The maximum Gasteiger partial charge on any atom is 0.187 e. The number of hydrogen-bond donors (Lipinski definition) is 10. The highest BCUT2D eigenvalue weighted by molar-refractivity contribution is 5.00. The lowest BCUT2D eigenvalue weighted by Gasteiger charge is -2.47. The van der Waals surface area contributed by atoms with Crippen molar-refractivity contribution in [2.24, 2.45) is 22.9 Å². The van der Waals surface area contributed by atoms with E-state index >= 15 is 0 Å². The van der Waals surface area contributed by atoms with E-state index in [2.05, 4.69) is 0 Å². The molecule has 0 unspecified atom stereocenters. The SMILES string of the molecule is NC[C@@H]1O[C@H](O[C@H]2[C@@H](O)[C@@H](O[C@@H]3C[C@H](N)[C@H](O)[C@H](CO)O3)[C@@H](N)C[C@H]2N)[C@H](O)[C@H](O)[C@H]1O. The minimum absolute atomic E-state index is 0.0951. The number of rotatable bonds is 6. The molecule has 14 N–H and O–H groups in total. The van der Waals surface area contributed by atoms with Gasteiger partial charge in [-0.15, -0.1) is 0 Å². The zero-order valence-electron chi connectivity index (χ0n) is 17.5. The van der Waals surface area contributed by atoms with Gasteiger partial charge in [-0.1, -0.05) is 0 Å². The highest BCUT2D eigenvalue weighted by atomic mass is 16.7. The van der Waals surface area contributed by atoms with Gasteiger partial charge in [0.2, 0.25) is 0 Å². The van der Waals surface area contributed by atoms with Gasteiger partial charge in [0.15, 0.2) is 12.6 Å². The molecule has 0 radical (unpaired) electrons. The summed E-state index contributed by atoms with van der Waals surface area (Å²) in [5.41, 5.74) is 23.7. The predicted octanol–water partition coefficient (Wildman–Crippen LogP) is -6.26. The van der Waals surface area contributed by atoms with Crippen LogP contribution >= 0.6 is 0 Å². The minimum atomic E-state index is -1.62. The first kappa shape index (κ1) is 26.1. The van der Waals surface area contributed by atoms with Crippen LogP contribution in [-0.2, 0) is 18.9 Å². The van der Waals surface area contributed by atoms with Crippen molar-refractivity contribution in [1.29, 1.82) is 0 Å². The van der Waals surface area contributed by atoms with Crippen molar-refractivity contribution in [1.82, 2.24) is 0 Å². The molecular formula is C18H36N4O10. The van der Waals surface area contributed by atoms with Crippen LogP contribution in [-0.4, -0.2) is 129 Å². The minimum Gasteiger partial charge on any atom is -0.394 e. The van der Waals surface area contributed by atoms with Gasteiger partial charge in [-0.05, 0) is 6.42 Å². The van der Waals surface area contributed by atoms with Gasteiger partial charge < -0.3 is 72.5 Å². The van der Waals surface area contributed by atoms with E-state index in [-0.39, 0.29) is 19.4 Å². The Hall–Kier alpha value is -0.560. The number of aliphatic hydroxyl groups excluding tert-OH is 6. The summed E-state index contributed by atoms with van der Waals surface area (Å²) in [6.07, 6.45) is -13.3. The van der Waals surface area contributed by atoms with E-state index in [9.17, 15) is 30.6 Å². The standard InChI is InChI=1S/C18H36N4O10/c19-3-8-12(25)13(26)14(27)18(30-8)32-17-7(22)1-6(21)16(15(17)28)31-10-2-5(20)11(24)9(4-23)29-10/h5-18,23-28H,1-4,19-22H2/t5-,6-,7+,8-,9-,10+,11-,12-,13+,14+,15-,16-,17+,18+/m0/s1. The fraction of sp³-hybridized carbons (Fsp3) is 1.00. The quantitative estimate of drug-likeness (QED) is 0.174. The Kier molecular flexibility index (Phi) is 8.79. The van der Waals surface area contributed by atoms with E-state index in [0.29, 0.717) is 0 Å². The topological polar surface area (TPSA) is 262 Å². The molecule has 2 heterocycles. The number of ether oxygens (including phenoxy) is 4. The van der Waals surface area contributed by atoms with E-state index in [1.165, 1.54) is 0 Å². The third kappa shape index (κ3) is 5.24. The number of nitrogens with two attached hydrogens (primary N) is 4. The van der Waals surface area contributed by atoms with Crippen LogP contribution in [0.5, 0.6) is 0 Å². The molecule has 2 saturated heterocycles. The van der Waals surface area contributed by atoms with Crippen LogP contribution in [0.2, 0.25) is 0 Å². The monoisotopic (exact) mass is 468 g/mol. The molecule has 2 aliphatic heterocycles. The van der Waals surface area contributed by atoms with E-state index in [1.807, 2.05) is 0 Å². The van der Waals surface area contributed by atoms with Crippen molar-refractivity contribution < 1.29 is 49.6 Å². The highest BCUT2D eigenvalue weighted by Gasteiger charge is 2.50. The van der Waals surface area contributed by atoms with Crippen molar-refractivity contribution in [3.05, 3.63) is 0 Å². The summed E-state index contributed by atoms with van der Waals surface area (Å²) >= 11 is 0. The molecule has 14 nitrogen and oxygen atoms in total. The molecule has 3 fully saturated rings. The summed E-state index contributed by atoms with van der Waals surface area (Å²) in [7, 11) is 0. The fourth-order valence-electron chi connectivity index (χ4n) is 4.40. The summed E-state index contributed by atoms with van der Waals surface area (Å²) in [4.78, 5) is 0. The van der Waals surface area contributed by atoms with Crippen LogP contribution in [0.1, 0.15) is 12.8 Å². The first-order valence-electron chi connectivity index (χ1n) is 10.7. The molecule has 0 aromatic heterocycles. The first-order chi connectivity index (χ1) is 15.1. The second kappa shape index (κ2) is 10.8. The van der Waals surface area contributed by atoms with Gasteiger partial charge >= 0.3 is 0 Å². The molecule has 0 aromatic rings. The molecule has 1 aliphatic carbocycles. The van der Waals surface area contributed by atoms with Crippen molar-refractivity contribution in [2.75, 3.05) is 13.2 Å². The molecule has 14 heteroatoms. The lowest BCUT2D eigenvalue weighted by atomic mass is 9.84. The fourth-order valence-corrected chi connectivity index (χ4v) is 4.40. The number of hydrogen-bond acceptors (Lipinski definition) is 14. The van der Waals surface area contributed by atoms with Crippen LogP contribution in [0.3, 0.4) is 0 Å². The first-order valence-corrected chi connectivity index (χ1v) is 10.7. The zero-order valence-corrected chi connectivity index (χ0v) is 17.5. The smallest absolute Gasteiger partial charge is 0.187 e. The molecular weight excluding hydrogens is 432 g/mol. The molecule has 188 valence electrons. The van der Waals surface area contributed by atoms with Crippen LogP contribution < -0.4 is 22.9 Å². The Bertz CT molecular complexity index is 606. The summed E-state index contributed by atoms with van der Waals surface area (Å²) in [5.74, 6) is 0. The Balaban J connectivity index is 1.69. The Morgan fingerprint density at radius 2 is 1.31 bits per heavy atom. The van der Waals surface area contributed by atoms with E-state index in [4.69, 9.17) is 41.9 Å². The lowest BCUT2D eigenvalue weighted by molar-refractivity contribution is -0.325. The Labute approximate surface area is 185 Å². The Morgan fingerprint density at radius 1 is 0.688 bits per heavy atom. The molecule has 3 rings (SSSR count). The van der Waals surface area contributed by atoms with Crippen LogP contribution in [0.25, 0.3) is 0 Å². The van der Waals surface area contributed by atoms with Crippen molar-refractivity contribution in [2.45, 2.75) is 98.5 Å². The third-order valence-electron chi connectivity index (χ3n) is 6.35. The van der Waals surface area contributed by atoms with Gasteiger partial charge in [-0.25, -0.2) is 0 Å². The highest BCUT2D eigenvalue weighted by Crippen LogP contribution is 2.31. The molecule has 0 spiro atoms. The molecule has 0 bridgehead atoms. The summed E-state index contributed by atoms with van der Waals surface area (Å²) < 4.78 is 22.5. The van der Waals surface area contributed by atoms with Gasteiger partial charge in [0, 0.05) is 31.1 Å². The summed E-state index contributed by atoms with van der Waals surface area (Å²) in [6.45, 7) is -0.615. The normalized spacial score (nSPS) is 52.7. The summed E-state index contributed by atoms with van der Waals surface area (Å²) in [5, 5.41) is 60.5. The third-order valence-corrected chi connectivity index (χ3v) is 6.35. The van der Waals surface area contributed by atoms with Gasteiger partial charge in [0.25, 0.3) is 0 Å². The van der Waals surface area contributed by atoms with E-state index < -0.39 is 92.2 Å². The maximum absolute atomic E-state index is 10.9. The van der Waals surface area contributed by atoms with Gasteiger partial charge in [-0.2, -0.15) is 0 Å². The largest absolute Gasteiger partial charge is 0.394 e. The zero-order chi connectivity index (χ0) is 23.7. The second-order valence-corrected chi connectivity index (χ2v) is 8.68. The number of aliphatic hydroxyl groups is 6. The molecule has 3 aliphatic rings. The van der Waals surface area contributed by atoms with Crippen molar-refractivity contribution in [3.63, 3.8) is 0 Å². The summed E-state index contributed by atoms with van der Waals surface area (Å²) in [6, 6.07) is -2.19. The predicted molar refractivity (Wildman–Crippen MR) is 106 cm³/mol. The molecule has 0 aromatic carbocycles. The lowest BCUT2D eigenvalue weighted by Crippen LogP contribution is -2.67. The van der Waals surface area contributed by atoms with Crippen molar-refractivity contribution >= 4 is 0 Å². The molecule has 32 heavy (non-hydrogen) atoms.